The summed E-state index contributed by atoms with van der Waals surface area (Å²) < 4.78 is 29.8. The maximum absolute atomic E-state index is 13.3. The highest BCUT2D eigenvalue weighted by Crippen LogP contribution is 2.31. The molecule has 8 heteroatoms. The predicted octanol–water partition coefficient (Wildman–Crippen LogP) is 4.36. The van der Waals surface area contributed by atoms with Crippen molar-refractivity contribution in [3.05, 3.63) is 107 Å². The minimum Gasteiger partial charge on any atom is -0.306 e. The molecule has 1 N–H and O–H groups in total. The first-order chi connectivity index (χ1) is 17.5. The van der Waals surface area contributed by atoms with Gasteiger partial charge in [-0.25, -0.2) is 13.1 Å². The van der Waals surface area contributed by atoms with Crippen LogP contribution in [-0.4, -0.2) is 35.0 Å². The van der Waals surface area contributed by atoms with E-state index < -0.39 is 10.0 Å². The number of para-hydroxylation sites is 1. The Hall–Kier alpha value is -3.75. The summed E-state index contributed by atoms with van der Waals surface area (Å²) in [5.74, 6) is 0.389. The van der Waals surface area contributed by atoms with Gasteiger partial charge < -0.3 is 5.32 Å². The smallest absolute Gasteiger partial charge is 0.256 e. The highest BCUT2D eigenvalue weighted by atomic mass is 32.2. The fourth-order valence-corrected chi connectivity index (χ4v) is 6.48. The molecule has 0 radical (unpaired) electrons. The average Bonchev–Trinajstić information content (AvgIpc) is 3.51. The number of nitrogens with zero attached hydrogens (tertiary/aromatic N) is 3. The SMILES string of the molecule is O=C(Nc1c2c(nn1-c1ccccc1)CCC2)c1ccc(S(=O)(=O)N2CCc3ccccc3C2)cc1. The minimum atomic E-state index is -3.66. The molecule has 0 saturated heterocycles. The molecule has 1 aliphatic heterocycles. The molecule has 1 aliphatic carbocycles. The zero-order chi connectivity index (χ0) is 24.7. The van der Waals surface area contributed by atoms with Gasteiger partial charge in [-0.15, -0.1) is 0 Å². The normalized spacial score (nSPS) is 15.3. The highest BCUT2D eigenvalue weighted by Gasteiger charge is 2.29. The molecule has 0 fully saturated rings. The monoisotopic (exact) mass is 498 g/mol. The summed E-state index contributed by atoms with van der Waals surface area (Å²) in [4.78, 5) is 13.4. The number of nitrogens with one attached hydrogen (secondary N) is 1. The van der Waals surface area contributed by atoms with Crippen molar-refractivity contribution < 1.29 is 13.2 Å². The third-order valence-electron chi connectivity index (χ3n) is 6.99. The van der Waals surface area contributed by atoms with E-state index in [1.54, 1.807) is 16.8 Å². The number of rotatable bonds is 5. The van der Waals surface area contributed by atoms with Gasteiger partial charge in [-0.05, 0) is 73.2 Å². The number of hydrogen-bond acceptors (Lipinski definition) is 4. The molecule has 7 nitrogen and oxygen atoms in total. The van der Waals surface area contributed by atoms with Gasteiger partial charge in [-0.1, -0.05) is 42.5 Å². The van der Waals surface area contributed by atoms with Crippen LogP contribution in [0.25, 0.3) is 5.69 Å². The molecule has 182 valence electrons. The van der Waals surface area contributed by atoms with Crippen molar-refractivity contribution in [2.75, 3.05) is 11.9 Å². The van der Waals surface area contributed by atoms with Crippen LogP contribution in [0.15, 0.2) is 83.8 Å². The molecule has 1 aromatic heterocycles. The van der Waals surface area contributed by atoms with Crippen molar-refractivity contribution in [2.45, 2.75) is 37.1 Å². The fourth-order valence-electron chi connectivity index (χ4n) is 5.06. The topological polar surface area (TPSA) is 84.3 Å². The van der Waals surface area contributed by atoms with Gasteiger partial charge in [0.25, 0.3) is 5.91 Å². The van der Waals surface area contributed by atoms with Gasteiger partial charge in [-0.3, -0.25) is 4.79 Å². The lowest BCUT2D eigenvalue weighted by Crippen LogP contribution is -2.35. The second-order valence-electron chi connectivity index (χ2n) is 9.21. The second kappa shape index (κ2) is 9.04. The van der Waals surface area contributed by atoms with Gasteiger partial charge in [0, 0.05) is 24.2 Å². The lowest BCUT2D eigenvalue weighted by Gasteiger charge is -2.28. The molecule has 4 aromatic rings. The van der Waals surface area contributed by atoms with Gasteiger partial charge in [0.15, 0.2) is 0 Å². The molecule has 1 amide bonds. The van der Waals surface area contributed by atoms with Crippen LogP contribution in [0, 0.1) is 0 Å². The molecule has 0 bridgehead atoms. The van der Waals surface area contributed by atoms with E-state index in [4.69, 9.17) is 5.10 Å². The fraction of sp³-hybridized carbons (Fsp3) is 0.214. The second-order valence-corrected chi connectivity index (χ2v) is 11.1. The van der Waals surface area contributed by atoms with E-state index in [1.165, 1.54) is 22.0 Å². The summed E-state index contributed by atoms with van der Waals surface area (Å²) in [5.41, 5.74) is 5.58. The maximum Gasteiger partial charge on any atom is 0.256 e. The lowest BCUT2D eigenvalue weighted by atomic mass is 10.0. The minimum absolute atomic E-state index is 0.189. The largest absolute Gasteiger partial charge is 0.306 e. The van der Waals surface area contributed by atoms with Crippen LogP contribution in [-0.2, 0) is 35.8 Å². The predicted molar refractivity (Wildman–Crippen MR) is 138 cm³/mol. The quantitative estimate of drug-likeness (QED) is 0.443. The van der Waals surface area contributed by atoms with E-state index in [1.807, 2.05) is 54.6 Å². The standard InChI is InChI=1S/C28H26N4O3S/c33-28(29-27-25-11-6-12-26(25)30-32(27)23-9-2-1-3-10-23)21-13-15-24(16-14-21)36(34,35)31-18-17-20-7-4-5-8-22(20)19-31/h1-5,7-10,13-16H,6,11-12,17-19H2,(H,29,33). The Kier molecular flexibility index (Phi) is 5.70. The van der Waals surface area contributed by atoms with Crippen LogP contribution in [0.3, 0.4) is 0 Å². The molecule has 2 aliphatic rings. The molecule has 0 saturated carbocycles. The van der Waals surface area contributed by atoms with Crippen LogP contribution in [0.4, 0.5) is 5.82 Å². The van der Waals surface area contributed by atoms with Gasteiger partial charge in [0.1, 0.15) is 5.82 Å². The van der Waals surface area contributed by atoms with E-state index in [2.05, 4.69) is 5.32 Å². The number of aryl methyl sites for hydroxylation is 1. The molecular formula is C28H26N4O3S. The van der Waals surface area contributed by atoms with Gasteiger partial charge in [0.2, 0.25) is 10.0 Å². The van der Waals surface area contributed by atoms with Crippen LogP contribution in [0.5, 0.6) is 0 Å². The molecule has 3 aromatic carbocycles. The summed E-state index contributed by atoms with van der Waals surface area (Å²) in [5, 5.41) is 7.78. The Morgan fingerprint density at radius 3 is 2.33 bits per heavy atom. The molecular weight excluding hydrogens is 472 g/mol. The van der Waals surface area contributed by atoms with Crippen molar-refractivity contribution in [1.82, 2.24) is 14.1 Å². The van der Waals surface area contributed by atoms with Crippen LogP contribution >= 0.6 is 0 Å². The Bertz CT molecular complexity index is 1540. The first-order valence-electron chi connectivity index (χ1n) is 12.2. The summed E-state index contributed by atoms with van der Waals surface area (Å²) in [6.07, 6.45) is 3.47. The molecule has 2 heterocycles. The van der Waals surface area contributed by atoms with Gasteiger partial charge >= 0.3 is 0 Å². The van der Waals surface area contributed by atoms with Gasteiger partial charge in [0.05, 0.1) is 16.3 Å². The highest BCUT2D eigenvalue weighted by molar-refractivity contribution is 7.89. The number of benzene rings is 3. The van der Waals surface area contributed by atoms with Crippen molar-refractivity contribution in [2.24, 2.45) is 0 Å². The number of sulfonamides is 1. The third kappa shape index (κ3) is 4.02. The van der Waals surface area contributed by atoms with Crippen LogP contribution in [0.1, 0.15) is 39.2 Å². The number of carbonyl (C=O) groups is 1. The summed E-state index contributed by atoms with van der Waals surface area (Å²) in [6, 6.07) is 23.8. The zero-order valence-corrected chi connectivity index (χ0v) is 20.5. The Balaban J connectivity index is 1.23. The lowest BCUT2D eigenvalue weighted by molar-refractivity contribution is 0.102. The van der Waals surface area contributed by atoms with Crippen molar-refractivity contribution >= 4 is 21.7 Å². The first kappa shape index (κ1) is 22.7. The third-order valence-corrected chi connectivity index (χ3v) is 8.85. The molecule has 6 rings (SSSR count). The first-order valence-corrected chi connectivity index (χ1v) is 13.6. The van der Waals surface area contributed by atoms with E-state index in [9.17, 15) is 13.2 Å². The molecule has 0 atom stereocenters. The van der Waals surface area contributed by atoms with Crippen LogP contribution < -0.4 is 5.32 Å². The summed E-state index contributed by atoms with van der Waals surface area (Å²) in [7, 11) is -3.66. The number of fused-ring (bicyclic) bond motifs is 2. The van der Waals surface area contributed by atoms with E-state index in [0.717, 1.165) is 41.8 Å². The average molecular weight is 499 g/mol. The van der Waals surface area contributed by atoms with Crippen molar-refractivity contribution in [3.8, 4) is 5.69 Å². The van der Waals surface area contributed by atoms with Crippen molar-refractivity contribution in [1.29, 1.82) is 0 Å². The van der Waals surface area contributed by atoms with Gasteiger partial charge in [-0.2, -0.15) is 9.40 Å². The number of anilines is 1. The molecule has 36 heavy (non-hydrogen) atoms. The molecule has 0 spiro atoms. The number of aromatic nitrogens is 2. The Labute approximate surface area is 210 Å². The zero-order valence-electron chi connectivity index (χ0n) is 19.7. The van der Waals surface area contributed by atoms with Crippen molar-refractivity contribution in [3.63, 3.8) is 0 Å². The Morgan fingerprint density at radius 2 is 1.56 bits per heavy atom. The van der Waals surface area contributed by atoms with E-state index in [0.29, 0.717) is 30.9 Å². The number of hydrogen-bond donors (Lipinski definition) is 1. The number of carbonyl (C=O) groups excluding carboxylic acids is 1. The van der Waals surface area contributed by atoms with E-state index in [-0.39, 0.29) is 10.8 Å². The summed E-state index contributed by atoms with van der Waals surface area (Å²) in [6.45, 7) is 0.797. The maximum atomic E-state index is 13.3. The summed E-state index contributed by atoms with van der Waals surface area (Å²) >= 11 is 0. The Morgan fingerprint density at radius 1 is 0.833 bits per heavy atom. The molecule has 0 unspecified atom stereocenters. The number of amides is 1. The van der Waals surface area contributed by atoms with Crippen LogP contribution in [0.2, 0.25) is 0 Å². The van der Waals surface area contributed by atoms with E-state index >= 15 is 0 Å².